The Morgan fingerprint density at radius 3 is 2.25 bits per heavy atom. The van der Waals surface area contributed by atoms with Crippen molar-refractivity contribution in [3.8, 4) is 0 Å². The Bertz CT molecular complexity index is 1540. The van der Waals surface area contributed by atoms with Gasteiger partial charge in [0.2, 0.25) is 5.56 Å². The first kappa shape index (κ1) is 17.2. The average Bonchev–Trinajstić information content (AvgIpc) is 2.84. The quantitative estimate of drug-likeness (QED) is 0.477. The number of rotatable bonds is 0. The number of nitrogens with one attached hydrogen (secondary N) is 2. The first-order chi connectivity index (χ1) is 13.5. The zero-order valence-electron chi connectivity index (χ0n) is 14.3. The molecule has 0 fully saturated rings. The number of aromatic amines is 2. The van der Waals surface area contributed by atoms with Gasteiger partial charge in [-0.1, -0.05) is 0 Å². The molecule has 0 amide bonds. The molecule has 0 spiro atoms. The van der Waals surface area contributed by atoms with Crippen LogP contribution in [0.4, 0.5) is 0 Å². The van der Waals surface area contributed by atoms with Crippen molar-refractivity contribution in [2.24, 2.45) is 0 Å². The summed E-state index contributed by atoms with van der Waals surface area (Å²) in [6.07, 6.45) is 0. The highest BCUT2D eigenvalue weighted by Crippen LogP contribution is 2.14. The van der Waals surface area contributed by atoms with Crippen LogP contribution >= 0.6 is 0 Å². The molecule has 8 heteroatoms. The van der Waals surface area contributed by atoms with E-state index in [0.717, 1.165) is 24.3 Å². The highest BCUT2D eigenvalue weighted by atomic mass is 16.1. The maximum absolute atomic E-state index is 12.5. The molecule has 0 aliphatic carbocycles. The molecule has 4 bridgehead atoms. The largest absolute Gasteiger partial charge is 0.322 e. The van der Waals surface area contributed by atoms with E-state index in [4.69, 9.17) is 0 Å². The van der Waals surface area contributed by atoms with Crippen LogP contribution in [0.3, 0.4) is 0 Å². The Morgan fingerprint density at radius 1 is 0.714 bits per heavy atom. The third kappa shape index (κ3) is 3.26. The summed E-state index contributed by atoms with van der Waals surface area (Å²) in [6.45, 7) is 0. The van der Waals surface area contributed by atoms with Crippen LogP contribution in [0.5, 0.6) is 0 Å². The lowest BCUT2D eigenvalue weighted by Crippen LogP contribution is -2.05. The zero-order valence-corrected chi connectivity index (χ0v) is 14.3. The van der Waals surface area contributed by atoms with Gasteiger partial charge >= 0.3 is 0 Å². The van der Waals surface area contributed by atoms with Crippen molar-refractivity contribution in [1.29, 1.82) is 0 Å². The van der Waals surface area contributed by atoms with Gasteiger partial charge < -0.3 is 4.98 Å². The van der Waals surface area contributed by atoms with Crippen molar-refractivity contribution in [2.45, 2.75) is 0 Å². The molecule has 0 atom stereocenters. The van der Waals surface area contributed by atoms with Crippen molar-refractivity contribution < 1.29 is 0 Å². The highest BCUT2D eigenvalue weighted by molar-refractivity contribution is 6.01. The van der Waals surface area contributed by atoms with Gasteiger partial charge in [0.1, 0.15) is 11.0 Å². The SMILES string of the molecule is O=c1ccc(=O)c2c3ccc(n[nH]c4ccc(cc4)c(=O)ccc(=O)[nH]3)c2n1. The Morgan fingerprint density at radius 2 is 1.46 bits per heavy atom. The summed E-state index contributed by atoms with van der Waals surface area (Å²) >= 11 is 0. The maximum atomic E-state index is 12.5. The van der Waals surface area contributed by atoms with Gasteiger partial charge in [-0.05, 0) is 48.5 Å². The molecule has 2 aromatic carbocycles. The summed E-state index contributed by atoms with van der Waals surface area (Å²) in [4.78, 5) is 55.3. The molecule has 8 nitrogen and oxygen atoms in total. The fourth-order valence-corrected chi connectivity index (χ4v) is 2.77. The molecule has 0 saturated heterocycles. The van der Waals surface area contributed by atoms with E-state index < -0.39 is 16.5 Å². The summed E-state index contributed by atoms with van der Waals surface area (Å²) in [6, 6.07) is 13.9. The number of H-pyrrole nitrogens is 2. The topological polar surface area (TPSA) is 126 Å². The molecule has 7 rings (SSSR count). The van der Waals surface area contributed by atoms with Crippen LogP contribution in [0.15, 0.2) is 79.8 Å². The lowest BCUT2D eigenvalue weighted by Gasteiger charge is -1.96. The van der Waals surface area contributed by atoms with Crippen molar-refractivity contribution in [3.63, 3.8) is 0 Å². The summed E-state index contributed by atoms with van der Waals surface area (Å²) in [5.74, 6) is 0. The lowest BCUT2D eigenvalue weighted by molar-refractivity contribution is 1.12. The number of hydrogen-bond acceptors (Lipinski definition) is 6. The molecule has 28 heavy (non-hydrogen) atoms. The lowest BCUT2D eigenvalue weighted by atomic mass is 10.2. The van der Waals surface area contributed by atoms with E-state index in [1.54, 1.807) is 24.3 Å². The second-order valence-corrected chi connectivity index (χ2v) is 5.99. The Hall–Kier alpha value is -4.20. The molecular weight excluding hydrogens is 360 g/mol. The Balaban J connectivity index is 2.35. The number of benzene rings is 2. The van der Waals surface area contributed by atoms with Crippen LogP contribution < -0.4 is 22.0 Å². The second-order valence-electron chi connectivity index (χ2n) is 5.99. The fourth-order valence-electron chi connectivity index (χ4n) is 2.77. The van der Waals surface area contributed by atoms with Crippen LogP contribution in [0.1, 0.15) is 0 Å². The van der Waals surface area contributed by atoms with E-state index in [9.17, 15) is 19.2 Å². The molecule has 0 unspecified atom stereocenters. The molecule has 5 aromatic heterocycles. The number of hydrogen-bond donors (Lipinski definition) is 2. The van der Waals surface area contributed by atoms with Gasteiger partial charge in [-0.15, -0.1) is 0 Å². The van der Waals surface area contributed by atoms with E-state index in [1.165, 1.54) is 12.1 Å². The zero-order chi connectivity index (χ0) is 19.7. The van der Waals surface area contributed by atoms with Gasteiger partial charge in [0, 0.05) is 17.5 Å². The van der Waals surface area contributed by atoms with Gasteiger partial charge in [-0.3, -0.25) is 24.3 Å². The molecular formula is C20H12N4O4. The minimum absolute atomic E-state index is 0.0443. The fraction of sp³-hybridized carbons (Fsp3) is 0. The molecule has 7 aromatic rings. The molecule has 0 saturated carbocycles. The molecule has 0 aliphatic rings. The summed E-state index contributed by atoms with van der Waals surface area (Å²) in [5.41, 5.74) is -0.991. The van der Waals surface area contributed by atoms with E-state index >= 15 is 0 Å². The molecule has 2 N–H and O–H groups in total. The molecule has 0 aliphatic heterocycles. The Labute approximate surface area is 155 Å². The third-order valence-corrected chi connectivity index (χ3v) is 4.12. The molecule has 0 radical (unpaired) electrons. The third-order valence-electron chi connectivity index (χ3n) is 4.12. The highest BCUT2D eigenvalue weighted by Gasteiger charge is 2.06. The van der Waals surface area contributed by atoms with E-state index in [2.05, 4.69) is 20.2 Å². The van der Waals surface area contributed by atoms with Gasteiger partial charge in [-0.25, -0.2) is 4.98 Å². The van der Waals surface area contributed by atoms with Crippen molar-refractivity contribution in [2.75, 3.05) is 0 Å². The summed E-state index contributed by atoms with van der Waals surface area (Å²) in [5, 5.41) is 7.48. The molecule has 5 heterocycles. The smallest absolute Gasteiger partial charge is 0.270 e. The summed E-state index contributed by atoms with van der Waals surface area (Å²) < 4.78 is 0. The monoisotopic (exact) mass is 372 g/mol. The van der Waals surface area contributed by atoms with E-state index in [-0.39, 0.29) is 27.4 Å². The molecule has 136 valence electrons. The predicted octanol–water partition coefficient (Wildman–Crippen LogP) is 1.16. The average molecular weight is 372 g/mol. The normalized spacial score (nSPS) is 10.7. The van der Waals surface area contributed by atoms with Crippen molar-refractivity contribution in [1.82, 2.24) is 20.2 Å². The van der Waals surface area contributed by atoms with Crippen molar-refractivity contribution >= 4 is 32.8 Å². The summed E-state index contributed by atoms with van der Waals surface area (Å²) in [7, 11) is 0. The van der Waals surface area contributed by atoms with E-state index in [1.807, 2.05) is 0 Å². The van der Waals surface area contributed by atoms with Crippen LogP contribution in [0.25, 0.3) is 32.8 Å². The maximum Gasteiger partial charge on any atom is 0.270 e. The van der Waals surface area contributed by atoms with Crippen LogP contribution in [0, 0.1) is 0 Å². The number of nitrogens with zero attached hydrogens (tertiary/aromatic N) is 2. The van der Waals surface area contributed by atoms with Crippen LogP contribution in [0.2, 0.25) is 0 Å². The van der Waals surface area contributed by atoms with Gasteiger partial charge in [0.25, 0.3) is 5.56 Å². The standard InChI is InChI=1S/C20H12N4O4/c25-15-7-9-17(27)21-13-5-6-14(24-23-12-3-1-11(15)2-4-12)20-19(13)16(26)8-10-18(28)22-20/h1-10,23H,(H,21,27). The van der Waals surface area contributed by atoms with Crippen molar-refractivity contribution in [3.05, 3.63) is 102 Å². The van der Waals surface area contributed by atoms with E-state index in [0.29, 0.717) is 10.9 Å². The minimum atomic E-state index is -0.611. The predicted molar refractivity (Wildman–Crippen MR) is 106 cm³/mol. The minimum Gasteiger partial charge on any atom is -0.322 e. The Kier molecular flexibility index (Phi) is 4.21. The van der Waals surface area contributed by atoms with Gasteiger partial charge in [0.15, 0.2) is 10.9 Å². The van der Waals surface area contributed by atoms with Gasteiger partial charge in [-0.2, -0.15) is 5.10 Å². The number of aromatic nitrogens is 4. The van der Waals surface area contributed by atoms with Crippen LogP contribution in [-0.2, 0) is 0 Å². The first-order valence-corrected chi connectivity index (χ1v) is 8.26. The second kappa shape index (κ2) is 6.84. The first-order valence-electron chi connectivity index (χ1n) is 8.26. The van der Waals surface area contributed by atoms with Gasteiger partial charge in [0.05, 0.1) is 16.4 Å². The van der Waals surface area contributed by atoms with Crippen LogP contribution in [-0.4, -0.2) is 20.2 Å².